The van der Waals surface area contributed by atoms with E-state index in [-0.39, 0.29) is 17.6 Å². The van der Waals surface area contributed by atoms with Crippen molar-refractivity contribution in [1.29, 1.82) is 0 Å². The van der Waals surface area contributed by atoms with Gasteiger partial charge in [-0.15, -0.1) is 0 Å². The molecule has 0 saturated carbocycles. The molecule has 1 fully saturated rings. The monoisotopic (exact) mass is 296 g/mol. The van der Waals surface area contributed by atoms with E-state index >= 15 is 0 Å². The summed E-state index contributed by atoms with van der Waals surface area (Å²) in [5, 5.41) is 4.14. The topological polar surface area (TPSA) is 61.3 Å². The van der Waals surface area contributed by atoms with E-state index in [1.54, 1.807) is 6.07 Å². The van der Waals surface area contributed by atoms with Gasteiger partial charge in [0, 0.05) is 24.7 Å². The Morgan fingerprint density at radius 3 is 2.75 bits per heavy atom. The molecule has 0 spiro atoms. The maximum Gasteiger partial charge on any atom is 0.175 e. The van der Waals surface area contributed by atoms with Crippen LogP contribution in [0.15, 0.2) is 22.7 Å². The van der Waals surface area contributed by atoms with Crippen LogP contribution in [0, 0.1) is 5.82 Å². The Kier molecular flexibility index (Phi) is 3.63. The van der Waals surface area contributed by atoms with E-state index < -0.39 is 0 Å². The third kappa shape index (κ3) is 2.39. The summed E-state index contributed by atoms with van der Waals surface area (Å²) in [4.78, 5) is 0. The van der Waals surface area contributed by atoms with Crippen molar-refractivity contribution in [2.75, 3.05) is 18.9 Å². The molecule has 3 rings (SSSR count). The minimum Gasteiger partial charge on any atom is -0.381 e. The normalized spacial score (nSPS) is 16.5. The molecular formula is C14H14ClFN2O2. The van der Waals surface area contributed by atoms with Crippen molar-refractivity contribution < 1.29 is 13.7 Å². The van der Waals surface area contributed by atoms with Gasteiger partial charge in [-0.05, 0) is 31.0 Å². The van der Waals surface area contributed by atoms with Gasteiger partial charge in [0.1, 0.15) is 11.6 Å². The number of hydrogen-bond acceptors (Lipinski definition) is 4. The second kappa shape index (κ2) is 5.42. The van der Waals surface area contributed by atoms with Crippen LogP contribution in [0.3, 0.4) is 0 Å². The van der Waals surface area contributed by atoms with Gasteiger partial charge < -0.3 is 15.0 Å². The molecule has 1 aliphatic heterocycles. The van der Waals surface area contributed by atoms with E-state index in [0.717, 1.165) is 12.8 Å². The molecule has 1 saturated heterocycles. The predicted octanol–water partition coefficient (Wildman–Crippen LogP) is 3.61. The van der Waals surface area contributed by atoms with Gasteiger partial charge in [0.05, 0.1) is 10.6 Å². The molecule has 0 unspecified atom stereocenters. The zero-order chi connectivity index (χ0) is 14.1. The van der Waals surface area contributed by atoms with E-state index in [2.05, 4.69) is 5.16 Å². The van der Waals surface area contributed by atoms with Gasteiger partial charge in [0.15, 0.2) is 5.82 Å². The highest BCUT2D eigenvalue weighted by atomic mass is 35.5. The van der Waals surface area contributed by atoms with Crippen molar-refractivity contribution in [1.82, 2.24) is 5.16 Å². The number of ether oxygens (including phenoxy) is 1. The Labute approximate surface area is 120 Å². The van der Waals surface area contributed by atoms with E-state index in [9.17, 15) is 4.39 Å². The van der Waals surface area contributed by atoms with Crippen LogP contribution in [0.4, 0.5) is 10.2 Å². The third-order valence-electron chi connectivity index (χ3n) is 3.54. The summed E-state index contributed by atoms with van der Waals surface area (Å²) in [7, 11) is 0. The van der Waals surface area contributed by atoms with Crippen LogP contribution in [0.25, 0.3) is 11.1 Å². The van der Waals surface area contributed by atoms with Crippen LogP contribution in [0.2, 0.25) is 5.02 Å². The summed E-state index contributed by atoms with van der Waals surface area (Å²) < 4.78 is 23.9. The Balaban J connectivity index is 2.06. The van der Waals surface area contributed by atoms with Gasteiger partial charge >= 0.3 is 0 Å². The lowest BCUT2D eigenvalue weighted by Gasteiger charge is -2.20. The molecule has 0 radical (unpaired) electrons. The van der Waals surface area contributed by atoms with E-state index in [1.165, 1.54) is 12.1 Å². The molecule has 2 heterocycles. The molecule has 1 aliphatic rings. The number of anilines is 1. The first-order valence-electron chi connectivity index (χ1n) is 6.45. The van der Waals surface area contributed by atoms with Crippen LogP contribution in [-0.4, -0.2) is 18.4 Å². The summed E-state index contributed by atoms with van der Waals surface area (Å²) in [5.74, 6) is 0.797. The van der Waals surface area contributed by atoms with Crippen molar-refractivity contribution in [3.8, 4) is 11.1 Å². The molecule has 2 aromatic rings. The Hall–Kier alpha value is -1.59. The Morgan fingerprint density at radius 1 is 1.30 bits per heavy atom. The average molecular weight is 297 g/mol. The van der Waals surface area contributed by atoms with Gasteiger partial charge in [-0.1, -0.05) is 16.8 Å². The minimum atomic E-state index is -0.388. The quantitative estimate of drug-likeness (QED) is 0.919. The molecule has 0 atom stereocenters. The molecule has 0 bridgehead atoms. The fraction of sp³-hybridized carbons (Fsp3) is 0.357. The molecule has 6 heteroatoms. The van der Waals surface area contributed by atoms with Crippen LogP contribution in [-0.2, 0) is 4.74 Å². The molecule has 2 N–H and O–H groups in total. The first-order valence-corrected chi connectivity index (χ1v) is 6.83. The summed E-state index contributed by atoms with van der Waals surface area (Å²) >= 11 is 6.11. The number of nitrogens with two attached hydrogens (primary N) is 1. The van der Waals surface area contributed by atoms with Crippen molar-refractivity contribution in [2.45, 2.75) is 18.8 Å². The molecule has 0 aliphatic carbocycles. The smallest absolute Gasteiger partial charge is 0.175 e. The van der Waals surface area contributed by atoms with Crippen LogP contribution < -0.4 is 5.73 Å². The Bertz CT molecular complexity index is 624. The molecular weight excluding hydrogens is 283 g/mol. The number of rotatable bonds is 2. The van der Waals surface area contributed by atoms with Gasteiger partial charge in [0.2, 0.25) is 0 Å². The molecule has 106 valence electrons. The maximum absolute atomic E-state index is 13.2. The summed E-state index contributed by atoms with van der Waals surface area (Å²) in [6, 6.07) is 4.21. The SMILES string of the molecule is Nc1noc(C2CCOCC2)c1-c1ccc(F)cc1Cl. The second-order valence-corrected chi connectivity index (χ2v) is 5.23. The summed E-state index contributed by atoms with van der Waals surface area (Å²) in [6.45, 7) is 1.36. The van der Waals surface area contributed by atoms with Gasteiger partial charge in [0.25, 0.3) is 0 Å². The molecule has 0 amide bonds. The number of halogens is 2. The number of benzene rings is 1. The molecule has 20 heavy (non-hydrogen) atoms. The minimum absolute atomic E-state index is 0.199. The van der Waals surface area contributed by atoms with E-state index in [4.69, 9.17) is 26.6 Å². The lowest BCUT2D eigenvalue weighted by atomic mass is 9.92. The summed E-state index contributed by atoms with van der Waals surface area (Å²) in [6.07, 6.45) is 1.70. The van der Waals surface area contributed by atoms with Crippen LogP contribution >= 0.6 is 11.6 Å². The first kappa shape index (κ1) is 13.4. The fourth-order valence-electron chi connectivity index (χ4n) is 2.52. The van der Waals surface area contributed by atoms with Gasteiger partial charge in [-0.25, -0.2) is 4.39 Å². The number of nitrogens with zero attached hydrogens (tertiary/aromatic N) is 1. The average Bonchev–Trinajstić information content (AvgIpc) is 2.82. The fourth-order valence-corrected chi connectivity index (χ4v) is 2.78. The van der Waals surface area contributed by atoms with Gasteiger partial charge in [-0.2, -0.15) is 0 Å². The van der Waals surface area contributed by atoms with Crippen molar-refractivity contribution in [3.63, 3.8) is 0 Å². The first-order chi connectivity index (χ1) is 9.66. The zero-order valence-corrected chi connectivity index (χ0v) is 11.5. The number of nitrogen functional groups attached to an aromatic ring is 1. The lowest BCUT2D eigenvalue weighted by Crippen LogP contribution is -2.14. The highest BCUT2D eigenvalue weighted by Crippen LogP contribution is 2.40. The maximum atomic E-state index is 13.2. The Morgan fingerprint density at radius 2 is 2.05 bits per heavy atom. The summed E-state index contributed by atoms with van der Waals surface area (Å²) in [5.41, 5.74) is 7.21. The predicted molar refractivity (Wildman–Crippen MR) is 74.1 cm³/mol. The highest BCUT2D eigenvalue weighted by molar-refractivity contribution is 6.33. The lowest BCUT2D eigenvalue weighted by molar-refractivity contribution is 0.0793. The van der Waals surface area contributed by atoms with Crippen molar-refractivity contribution >= 4 is 17.4 Å². The van der Waals surface area contributed by atoms with E-state index in [0.29, 0.717) is 35.1 Å². The largest absolute Gasteiger partial charge is 0.381 e. The van der Waals surface area contributed by atoms with Crippen LogP contribution in [0.1, 0.15) is 24.5 Å². The number of hydrogen-bond donors (Lipinski definition) is 1. The zero-order valence-electron chi connectivity index (χ0n) is 10.7. The van der Waals surface area contributed by atoms with E-state index in [1.807, 2.05) is 0 Å². The molecule has 4 nitrogen and oxygen atoms in total. The number of aromatic nitrogens is 1. The second-order valence-electron chi connectivity index (χ2n) is 4.82. The standard InChI is InChI=1S/C14H14ClFN2O2/c15-11-7-9(16)1-2-10(11)12-13(20-18-14(12)17)8-3-5-19-6-4-8/h1-2,7-8H,3-6H2,(H2,17,18). The molecule has 1 aromatic carbocycles. The van der Waals surface area contributed by atoms with Crippen molar-refractivity contribution in [3.05, 3.63) is 34.8 Å². The van der Waals surface area contributed by atoms with Crippen molar-refractivity contribution in [2.24, 2.45) is 0 Å². The molecule has 1 aromatic heterocycles. The third-order valence-corrected chi connectivity index (χ3v) is 3.85. The van der Waals surface area contributed by atoms with Gasteiger partial charge in [-0.3, -0.25) is 0 Å². The van der Waals surface area contributed by atoms with Crippen LogP contribution in [0.5, 0.6) is 0 Å². The highest BCUT2D eigenvalue weighted by Gasteiger charge is 2.27.